The van der Waals surface area contributed by atoms with E-state index in [1.165, 1.54) is 4.70 Å². The van der Waals surface area contributed by atoms with E-state index in [9.17, 15) is 0 Å². The second-order valence-corrected chi connectivity index (χ2v) is 14.7. The van der Waals surface area contributed by atoms with Gasteiger partial charge in [-0.1, -0.05) is 146 Å². The van der Waals surface area contributed by atoms with E-state index in [1.807, 2.05) is 91.0 Å². The predicted molar refractivity (Wildman–Crippen MR) is 228 cm³/mol. The molecule has 0 saturated heterocycles. The van der Waals surface area contributed by atoms with Gasteiger partial charge in [-0.15, -0.1) is 11.3 Å². The van der Waals surface area contributed by atoms with Crippen LogP contribution in [0.4, 0.5) is 0 Å². The summed E-state index contributed by atoms with van der Waals surface area (Å²) in [5, 5.41) is 3.17. The van der Waals surface area contributed by atoms with Gasteiger partial charge in [-0.05, 0) is 41.5 Å². The highest BCUT2D eigenvalue weighted by atomic mass is 32.1. The normalized spacial score (nSPS) is 11.6. The number of hydrogen-bond acceptors (Lipinski definition) is 7. The average molecular weight is 736 g/mol. The zero-order valence-electron chi connectivity index (χ0n) is 29.8. The van der Waals surface area contributed by atoms with E-state index in [-0.39, 0.29) is 0 Å². The summed E-state index contributed by atoms with van der Waals surface area (Å²) in [6.07, 6.45) is 0. The topological polar surface area (TPSA) is 77.6 Å². The van der Waals surface area contributed by atoms with Crippen LogP contribution in [0.1, 0.15) is 0 Å². The van der Waals surface area contributed by atoms with Gasteiger partial charge in [0.2, 0.25) is 0 Å². The first-order chi connectivity index (χ1) is 27.7. The van der Waals surface area contributed by atoms with Crippen LogP contribution in [0, 0.1) is 0 Å². The molecule has 6 nitrogen and oxygen atoms in total. The van der Waals surface area contributed by atoms with Crippen molar-refractivity contribution >= 4 is 53.6 Å². The van der Waals surface area contributed by atoms with Crippen molar-refractivity contribution in [3.63, 3.8) is 0 Å². The molecule has 0 aliphatic rings. The zero-order valence-corrected chi connectivity index (χ0v) is 30.6. The highest BCUT2D eigenvalue weighted by molar-refractivity contribution is 7.26. The summed E-state index contributed by atoms with van der Waals surface area (Å²) in [7, 11) is 0. The second kappa shape index (κ2) is 13.2. The Hall–Kier alpha value is -7.35. The molecule has 0 atom stereocenters. The summed E-state index contributed by atoms with van der Waals surface area (Å²) in [5.74, 6) is 2.54. The van der Waals surface area contributed by atoms with Gasteiger partial charge in [0, 0.05) is 48.7 Å². The average Bonchev–Trinajstić information content (AvgIpc) is 3.85. The van der Waals surface area contributed by atoms with Crippen LogP contribution < -0.4 is 0 Å². The number of aromatic nitrogens is 5. The van der Waals surface area contributed by atoms with Crippen molar-refractivity contribution in [2.45, 2.75) is 0 Å². The van der Waals surface area contributed by atoms with Gasteiger partial charge >= 0.3 is 0 Å². The Labute approximate surface area is 325 Å². The van der Waals surface area contributed by atoms with E-state index >= 15 is 0 Å². The summed E-state index contributed by atoms with van der Waals surface area (Å²) < 4.78 is 8.74. The fourth-order valence-corrected chi connectivity index (χ4v) is 8.61. The van der Waals surface area contributed by atoms with E-state index in [0.29, 0.717) is 23.3 Å². The van der Waals surface area contributed by atoms with Crippen LogP contribution in [0.3, 0.4) is 0 Å². The van der Waals surface area contributed by atoms with E-state index in [2.05, 4.69) is 84.9 Å². The maximum absolute atomic E-state index is 6.44. The van der Waals surface area contributed by atoms with Crippen molar-refractivity contribution in [2.24, 2.45) is 0 Å². The third kappa shape index (κ3) is 5.52. The van der Waals surface area contributed by atoms with E-state index in [0.717, 1.165) is 82.2 Å². The zero-order chi connectivity index (χ0) is 37.0. The third-order valence-electron chi connectivity index (χ3n) is 10.2. The Morgan fingerprint density at radius 1 is 0.375 bits per heavy atom. The highest BCUT2D eigenvalue weighted by Gasteiger charge is 2.19. The molecule has 56 heavy (non-hydrogen) atoms. The van der Waals surface area contributed by atoms with Crippen molar-refractivity contribution in [2.75, 3.05) is 0 Å². The number of benzene rings is 7. The Bertz CT molecular complexity index is 3180. The first kappa shape index (κ1) is 32.1. The smallest absolute Gasteiger partial charge is 0.164 e. The molecule has 262 valence electrons. The number of thiophene rings is 1. The summed E-state index contributed by atoms with van der Waals surface area (Å²) >= 11 is 1.74. The standard InChI is InChI=1S/C49H29N5OS/c1-4-13-31(14-5-1)43-45-44(37-19-10-11-22-41(37)56-45)51-46(50-43)34-25-23-30(24-26-34)36-20-12-21-40-42(36)38-29-35(27-28-39(38)55-40)49-53-47(32-15-6-2-7-16-32)52-48(54-49)33-17-8-3-9-18-33/h1-29H. The van der Waals surface area contributed by atoms with Crippen LogP contribution in [0.5, 0.6) is 0 Å². The number of hydrogen-bond donors (Lipinski definition) is 0. The van der Waals surface area contributed by atoms with Gasteiger partial charge in [0.05, 0.1) is 15.9 Å². The minimum Gasteiger partial charge on any atom is -0.456 e. The van der Waals surface area contributed by atoms with Crippen molar-refractivity contribution in [3.8, 4) is 67.9 Å². The molecule has 0 bridgehead atoms. The molecule has 4 aromatic heterocycles. The predicted octanol–water partition coefficient (Wildman–Crippen LogP) is 12.9. The lowest BCUT2D eigenvalue weighted by Gasteiger charge is -2.09. The largest absolute Gasteiger partial charge is 0.456 e. The molecule has 11 aromatic rings. The van der Waals surface area contributed by atoms with Crippen LogP contribution in [0.25, 0.3) is 110 Å². The quantitative estimate of drug-likeness (QED) is 0.169. The van der Waals surface area contributed by atoms with Crippen LogP contribution in [0.15, 0.2) is 180 Å². The van der Waals surface area contributed by atoms with Gasteiger partial charge in [-0.3, -0.25) is 0 Å². The number of furan rings is 1. The summed E-state index contributed by atoms with van der Waals surface area (Å²) in [6, 6.07) is 59.8. The lowest BCUT2D eigenvalue weighted by molar-refractivity contribution is 0.669. The molecule has 0 N–H and O–H groups in total. The molecule has 0 amide bonds. The van der Waals surface area contributed by atoms with Crippen molar-refractivity contribution in [3.05, 3.63) is 176 Å². The van der Waals surface area contributed by atoms with E-state index in [1.54, 1.807) is 11.3 Å². The Morgan fingerprint density at radius 2 is 0.929 bits per heavy atom. The molecular weight excluding hydrogens is 707 g/mol. The number of rotatable bonds is 6. The summed E-state index contributed by atoms with van der Waals surface area (Å²) in [5.41, 5.74) is 10.4. The van der Waals surface area contributed by atoms with Crippen LogP contribution in [-0.4, -0.2) is 24.9 Å². The van der Waals surface area contributed by atoms with Gasteiger partial charge in [0.1, 0.15) is 11.2 Å². The van der Waals surface area contributed by atoms with Crippen molar-refractivity contribution < 1.29 is 4.42 Å². The molecule has 7 aromatic carbocycles. The van der Waals surface area contributed by atoms with Crippen molar-refractivity contribution in [1.29, 1.82) is 0 Å². The fourth-order valence-electron chi connectivity index (χ4n) is 7.45. The Kier molecular flexibility index (Phi) is 7.57. The Morgan fingerprint density at radius 3 is 1.62 bits per heavy atom. The first-order valence-electron chi connectivity index (χ1n) is 18.4. The van der Waals surface area contributed by atoms with Gasteiger partial charge in [0.25, 0.3) is 0 Å². The van der Waals surface area contributed by atoms with Crippen molar-refractivity contribution in [1.82, 2.24) is 24.9 Å². The lowest BCUT2D eigenvalue weighted by atomic mass is 9.97. The minimum absolute atomic E-state index is 0.598. The molecule has 0 aliphatic heterocycles. The highest BCUT2D eigenvalue weighted by Crippen LogP contribution is 2.41. The van der Waals surface area contributed by atoms with Crippen LogP contribution in [0.2, 0.25) is 0 Å². The second-order valence-electron chi connectivity index (χ2n) is 13.6. The maximum Gasteiger partial charge on any atom is 0.164 e. The SMILES string of the molecule is c1ccc(-c2nc(-c3ccccc3)nc(-c3ccc4oc5cccc(-c6ccc(-c7nc(-c8ccccc8)c8sc9ccccc9c8n7)cc6)c5c4c3)n2)cc1. The monoisotopic (exact) mass is 735 g/mol. The molecule has 0 fully saturated rings. The number of nitrogens with zero attached hydrogens (tertiary/aromatic N) is 5. The molecule has 0 unspecified atom stereocenters. The molecule has 0 aliphatic carbocycles. The maximum atomic E-state index is 6.44. The molecule has 7 heteroatoms. The van der Waals surface area contributed by atoms with E-state index in [4.69, 9.17) is 29.3 Å². The third-order valence-corrected chi connectivity index (χ3v) is 11.3. The molecule has 0 radical (unpaired) electrons. The first-order valence-corrected chi connectivity index (χ1v) is 19.2. The van der Waals surface area contributed by atoms with Gasteiger partial charge in [-0.25, -0.2) is 24.9 Å². The van der Waals surface area contributed by atoms with E-state index < -0.39 is 0 Å². The van der Waals surface area contributed by atoms with Crippen LogP contribution >= 0.6 is 11.3 Å². The molecule has 4 heterocycles. The van der Waals surface area contributed by atoms with Gasteiger partial charge in [-0.2, -0.15) is 0 Å². The molecule has 0 spiro atoms. The molecule has 0 saturated carbocycles. The van der Waals surface area contributed by atoms with Gasteiger partial charge in [0.15, 0.2) is 23.3 Å². The summed E-state index contributed by atoms with van der Waals surface area (Å²) in [4.78, 5) is 25.2. The molecule has 11 rings (SSSR count). The lowest BCUT2D eigenvalue weighted by Crippen LogP contribution is -2.00. The summed E-state index contributed by atoms with van der Waals surface area (Å²) in [6.45, 7) is 0. The Balaban J connectivity index is 1.02. The van der Waals surface area contributed by atoms with Gasteiger partial charge < -0.3 is 4.42 Å². The fraction of sp³-hybridized carbons (Fsp3) is 0. The number of fused-ring (bicyclic) bond motifs is 6. The van der Waals surface area contributed by atoms with Crippen LogP contribution in [-0.2, 0) is 0 Å². The minimum atomic E-state index is 0.598. The molecular formula is C49H29N5OS.